The molecule has 106 valence electrons. The Labute approximate surface area is 109 Å². The lowest BCUT2D eigenvalue weighted by atomic mass is 10.2. The molecule has 1 saturated heterocycles. The Balaban J connectivity index is 2.61. The molecule has 2 atom stereocenters. The van der Waals surface area contributed by atoms with Crippen molar-refractivity contribution < 1.29 is 19.4 Å². The molecular weight excluding hydrogens is 234 g/mol. The highest BCUT2D eigenvalue weighted by atomic mass is 16.6. The minimum absolute atomic E-state index is 0.0188. The van der Waals surface area contributed by atoms with Gasteiger partial charge in [-0.15, -0.1) is 0 Å². The Bertz CT molecular complexity index is 285. The third kappa shape index (κ3) is 4.46. The minimum Gasteiger partial charge on any atom is -0.444 e. The van der Waals surface area contributed by atoms with E-state index in [4.69, 9.17) is 9.47 Å². The molecule has 1 amide bonds. The zero-order chi connectivity index (χ0) is 13.9. The first-order valence-electron chi connectivity index (χ1n) is 6.49. The van der Waals surface area contributed by atoms with Crippen LogP contribution in [-0.2, 0) is 9.47 Å². The van der Waals surface area contributed by atoms with Crippen molar-refractivity contribution in [3.63, 3.8) is 0 Å². The summed E-state index contributed by atoms with van der Waals surface area (Å²) in [6.07, 6.45) is 0.382. The standard InChI is InChI=1S/C13H25NO4/c1-9(2)17-11-6-10(8-15)14(7-11)12(16)18-13(3,4)5/h9-11,15H,6-8H2,1-5H3. The average Bonchev–Trinajstić information content (AvgIpc) is 2.57. The highest BCUT2D eigenvalue weighted by Gasteiger charge is 2.37. The summed E-state index contributed by atoms with van der Waals surface area (Å²) in [5, 5.41) is 9.33. The van der Waals surface area contributed by atoms with Crippen molar-refractivity contribution in [2.75, 3.05) is 13.2 Å². The highest BCUT2D eigenvalue weighted by molar-refractivity contribution is 5.69. The number of carbonyl (C=O) groups is 1. The molecule has 1 rings (SSSR count). The van der Waals surface area contributed by atoms with Gasteiger partial charge < -0.3 is 19.5 Å². The quantitative estimate of drug-likeness (QED) is 0.839. The Hall–Kier alpha value is -0.810. The van der Waals surface area contributed by atoms with Crippen molar-refractivity contribution in [2.24, 2.45) is 0 Å². The smallest absolute Gasteiger partial charge is 0.410 e. The molecule has 2 unspecified atom stereocenters. The number of ether oxygens (including phenoxy) is 2. The van der Waals surface area contributed by atoms with Gasteiger partial charge in [-0.2, -0.15) is 0 Å². The number of amides is 1. The molecule has 1 heterocycles. The largest absolute Gasteiger partial charge is 0.444 e. The van der Waals surface area contributed by atoms with Gasteiger partial charge in [0.25, 0.3) is 0 Å². The average molecular weight is 259 g/mol. The number of hydrogen-bond donors (Lipinski definition) is 1. The summed E-state index contributed by atoms with van der Waals surface area (Å²) >= 11 is 0. The van der Waals surface area contributed by atoms with Gasteiger partial charge in [-0.3, -0.25) is 0 Å². The van der Waals surface area contributed by atoms with Crippen LogP contribution in [0.2, 0.25) is 0 Å². The van der Waals surface area contributed by atoms with Crippen molar-refractivity contribution in [3.05, 3.63) is 0 Å². The van der Waals surface area contributed by atoms with Gasteiger partial charge in [0.2, 0.25) is 0 Å². The lowest BCUT2D eigenvalue weighted by Gasteiger charge is -2.27. The molecule has 5 heteroatoms. The fourth-order valence-electron chi connectivity index (χ4n) is 2.07. The fraction of sp³-hybridized carbons (Fsp3) is 0.923. The number of aliphatic hydroxyl groups is 1. The van der Waals surface area contributed by atoms with Crippen LogP contribution in [0.25, 0.3) is 0 Å². The van der Waals surface area contributed by atoms with E-state index in [0.717, 1.165) is 0 Å². The molecule has 1 aliphatic heterocycles. The Morgan fingerprint density at radius 2 is 2.06 bits per heavy atom. The van der Waals surface area contributed by atoms with Crippen LogP contribution in [0.4, 0.5) is 4.79 Å². The van der Waals surface area contributed by atoms with Gasteiger partial charge in [0.1, 0.15) is 5.60 Å². The Morgan fingerprint density at radius 3 is 2.50 bits per heavy atom. The van der Waals surface area contributed by atoms with Crippen LogP contribution in [0.15, 0.2) is 0 Å². The lowest BCUT2D eigenvalue weighted by molar-refractivity contribution is 0.00267. The molecule has 0 aliphatic carbocycles. The van der Waals surface area contributed by atoms with Gasteiger partial charge in [-0.25, -0.2) is 4.79 Å². The molecular formula is C13H25NO4. The summed E-state index contributed by atoms with van der Waals surface area (Å²) in [6, 6.07) is -0.205. The summed E-state index contributed by atoms with van der Waals surface area (Å²) in [5.74, 6) is 0. The van der Waals surface area contributed by atoms with Crippen LogP contribution >= 0.6 is 0 Å². The molecule has 5 nitrogen and oxygen atoms in total. The number of rotatable bonds is 3. The Kier molecular flexibility index (Phi) is 4.99. The van der Waals surface area contributed by atoms with Crippen LogP contribution < -0.4 is 0 Å². The third-order valence-electron chi connectivity index (χ3n) is 2.68. The van der Waals surface area contributed by atoms with E-state index in [1.807, 2.05) is 34.6 Å². The second-order valence-corrected chi connectivity index (χ2v) is 6.01. The van der Waals surface area contributed by atoms with Gasteiger partial charge in [0.05, 0.1) is 31.4 Å². The molecule has 1 N–H and O–H groups in total. The van der Waals surface area contributed by atoms with Gasteiger partial charge in [-0.05, 0) is 41.0 Å². The number of carbonyl (C=O) groups excluding carboxylic acids is 1. The first-order chi connectivity index (χ1) is 8.23. The van der Waals surface area contributed by atoms with Crippen LogP contribution in [0.1, 0.15) is 41.0 Å². The second-order valence-electron chi connectivity index (χ2n) is 6.01. The zero-order valence-corrected chi connectivity index (χ0v) is 12.0. The summed E-state index contributed by atoms with van der Waals surface area (Å²) in [4.78, 5) is 13.6. The first-order valence-corrected chi connectivity index (χ1v) is 6.49. The first kappa shape index (κ1) is 15.2. The monoisotopic (exact) mass is 259 g/mol. The zero-order valence-electron chi connectivity index (χ0n) is 12.0. The summed E-state index contributed by atoms with van der Waals surface area (Å²) in [7, 11) is 0. The third-order valence-corrected chi connectivity index (χ3v) is 2.68. The van der Waals surface area contributed by atoms with Crippen molar-refractivity contribution in [3.8, 4) is 0 Å². The van der Waals surface area contributed by atoms with Crippen LogP contribution in [0.3, 0.4) is 0 Å². The van der Waals surface area contributed by atoms with Crippen LogP contribution in [0, 0.1) is 0 Å². The van der Waals surface area contributed by atoms with Crippen molar-refractivity contribution >= 4 is 6.09 Å². The number of nitrogens with zero attached hydrogens (tertiary/aromatic N) is 1. The van der Waals surface area contributed by atoms with E-state index in [-0.39, 0.29) is 30.9 Å². The van der Waals surface area contributed by atoms with Crippen LogP contribution in [-0.4, -0.2) is 53.1 Å². The molecule has 0 saturated carbocycles. The molecule has 18 heavy (non-hydrogen) atoms. The van der Waals surface area contributed by atoms with Gasteiger partial charge >= 0.3 is 6.09 Å². The van der Waals surface area contributed by atoms with E-state index in [2.05, 4.69) is 0 Å². The molecule has 1 aliphatic rings. The molecule has 0 aromatic rings. The van der Waals surface area contributed by atoms with Gasteiger partial charge in [0, 0.05) is 0 Å². The SMILES string of the molecule is CC(C)OC1CC(CO)N(C(=O)OC(C)(C)C)C1. The van der Waals surface area contributed by atoms with Gasteiger partial charge in [-0.1, -0.05) is 0 Å². The topological polar surface area (TPSA) is 59.0 Å². The summed E-state index contributed by atoms with van der Waals surface area (Å²) < 4.78 is 11.0. The van der Waals surface area contributed by atoms with E-state index in [0.29, 0.717) is 13.0 Å². The van der Waals surface area contributed by atoms with Crippen molar-refractivity contribution in [2.45, 2.75) is 64.9 Å². The number of hydrogen-bond acceptors (Lipinski definition) is 4. The van der Waals surface area contributed by atoms with E-state index < -0.39 is 5.60 Å². The van der Waals surface area contributed by atoms with E-state index in [1.54, 1.807) is 4.90 Å². The van der Waals surface area contributed by atoms with Gasteiger partial charge in [0.15, 0.2) is 0 Å². The lowest BCUT2D eigenvalue weighted by Crippen LogP contribution is -2.41. The number of likely N-dealkylation sites (tertiary alicyclic amines) is 1. The van der Waals surface area contributed by atoms with Crippen molar-refractivity contribution in [1.82, 2.24) is 4.90 Å². The maximum Gasteiger partial charge on any atom is 0.410 e. The normalized spacial score (nSPS) is 24.7. The molecule has 0 spiro atoms. The fourth-order valence-corrected chi connectivity index (χ4v) is 2.07. The minimum atomic E-state index is -0.520. The molecule has 0 aromatic carbocycles. The van der Waals surface area contributed by atoms with E-state index in [9.17, 15) is 9.90 Å². The second kappa shape index (κ2) is 5.89. The molecule has 0 aromatic heterocycles. The van der Waals surface area contributed by atoms with Crippen LogP contribution in [0.5, 0.6) is 0 Å². The highest BCUT2D eigenvalue weighted by Crippen LogP contribution is 2.23. The molecule has 0 radical (unpaired) electrons. The Morgan fingerprint density at radius 1 is 1.44 bits per heavy atom. The number of aliphatic hydroxyl groups excluding tert-OH is 1. The van der Waals surface area contributed by atoms with E-state index in [1.165, 1.54) is 0 Å². The maximum atomic E-state index is 12.0. The summed E-state index contributed by atoms with van der Waals surface area (Å²) in [5.41, 5.74) is -0.520. The maximum absolute atomic E-state index is 12.0. The summed E-state index contributed by atoms with van der Waals surface area (Å²) in [6.45, 7) is 9.84. The predicted octanol–water partition coefficient (Wildman–Crippen LogP) is 1.78. The van der Waals surface area contributed by atoms with E-state index >= 15 is 0 Å². The molecule has 0 bridgehead atoms. The van der Waals surface area contributed by atoms with Crippen molar-refractivity contribution in [1.29, 1.82) is 0 Å². The molecule has 1 fully saturated rings. The predicted molar refractivity (Wildman–Crippen MR) is 68.4 cm³/mol.